The zero-order valence-corrected chi connectivity index (χ0v) is 12.5. The summed E-state index contributed by atoms with van der Waals surface area (Å²) in [5.41, 5.74) is 2.21. The number of aromatic nitrogens is 4. The quantitative estimate of drug-likeness (QED) is 0.704. The number of imidazole rings is 2. The van der Waals surface area contributed by atoms with E-state index < -0.39 is 0 Å². The van der Waals surface area contributed by atoms with E-state index in [0.29, 0.717) is 12.3 Å². The van der Waals surface area contributed by atoms with E-state index in [1.54, 1.807) is 13.1 Å². The van der Waals surface area contributed by atoms with Crippen molar-refractivity contribution in [2.45, 2.75) is 13.8 Å². The molecular formula is C15H17N5O2. The van der Waals surface area contributed by atoms with Crippen molar-refractivity contribution in [1.29, 1.82) is 0 Å². The molecule has 3 aromatic rings. The summed E-state index contributed by atoms with van der Waals surface area (Å²) in [6.07, 6.45) is 3.69. The SMILES string of the molecule is CCOC(=O)CNc1c(-c2c[nH]c(C)n2)nc2ccccn12. The van der Waals surface area contributed by atoms with Crippen molar-refractivity contribution in [1.82, 2.24) is 19.4 Å². The lowest BCUT2D eigenvalue weighted by Crippen LogP contribution is -2.17. The third kappa shape index (κ3) is 2.65. The maximum atomic E-state index is 11.6. The number of nitrogens with one attached hydrogen (secondary N) is 2. The highest BCUT2D eigenvalue weighted by molar-refractivity contribution is 5.79. The number of ether oxygens (including phenoxy) is 1. The molecule has 7 heteroatoms. The number of hydrogen-bond acceptors (Lipinski definition) is 5. The van der Waals surface area contributed by atoms with Gasteiger partial charge in [-0.15, -0.1) is 0 Å². The molecule has 0 saturated heterocycles. The Hall–Kier alpha value is -2.83. The predicted molar refractivity (Wildman–Crippen MR) is 82.6 cm³/mol. The van der Waals surface area contributed by atoms with Gasteiger partial charge in [0.25, 0.3) is 0 Å². The van der Waals surface area contributed by atoms with Crippen LogP contribution in [-0.2, 0) is 9.53 Å². The minimum atomic E-state index is -0.308. The number of aromatic amines is 1. The van der Waals surface area contributed by atoms with Crippen LogP contribution in [0.25, 0.3) is 17.0 Å². The first-order chi connectivity index (χ1) is 10.7. The second kappa shape index (κ2) is 5.88. The van der Waals surface area contributed by atoms with E-state index in [-0.39, 0.29) is 12.5 Å². The number of H-pyrrole nitrogens is 1. The summed E-state index contributed by atoms with van der Waals surface area (Å²) >= 11 is 0. The van der Waals surface area contributed by atoms with Crippen LogP contribution in [-0.4, -0.2) is 38.5 Å². The standard InChI is InChI=1S/C15H17N5O2/c1-3-22-13(21)9-17-15-14(11-8-16-10(2)18-11)19-12-6-4-5-7-20(12)15/h4-8,17H,3,9H2,1-2H3,(H,16,18). The van der Waals surface area contributed by atoms with Crippen LogP contribution in [0.5, 0.6) is 0 Å². The lowest BCUT2D eigenvalue weighted by Gasteiger charge is -2.07. The van der Waals surface area contributed by atoms with Crippen molar-refractivity contribution in [3.8, 4) is 11.4 Å². The van der Waals surface area contributed by atoms with Crippen LogP contribution in [0, 0.1) is 6.92 Å². The molecule has 0 atom stereocenters. The van der Waals surface area contributed by atoms with E-state index >= 15 is 0 Å². The molecule has 0 aromatic carbocycles. The van der Waals surface area contributed by atoms with Gasteiger partial charge in [0.05, 0.1) is 6.61 Å². The highest BCUT2D eigenvalue weighted by Crippen LogP contribution is 2.27. The minimum Gasteiger partial charge on any atom is -0.465 e. The highest BCUT2D eigenvalue weighted by atomic mass is 16.5. The number of carbonyl (C=O) groups is 1. The second-order valence-electron chi connectivity index (χ2n) is 4.77. The Bertz CT molecular complexity index is 805. The van der Waals surface area contributed by atoms with Crippen LogP contribution >= 0.6 is 0 Å². The monoisotopic (exact) mass is 299 g/mol. The third-order valence-corrected chi connectivity index (χ3v) is 3.18. The molecule has 3 rings (SSSR count). The Labute approximate surface area is 127 Å². The molecule has 0 saturated carbocycles. The summed E-state index contributed by atoms with van der Waals surface area (Å²) in [6.45, 7) is 4.10. The van der Waals surface area contributed by atoms with E-state index in [9.17, 15) is 4.79 Å². The molecule has 7 nitrogen and oxygen atoms in total. The van der Waals surface area contributed by atoms with Gasteiger partial charge in [0, 0.05) is 12.4 Å². The molecular weight excluding hydrogens is 282 g/mol. The molecule has 0 amide bonds. The van der Waals surface area contributed by atoms with E-state index in [1.807, 2.05) is 35.7 Å². The number of carbonyl (C=O) groups excluding carboxylic acids is 1. The molecule has 2 N–H and O–H groups in total. The molecule has 0 radical (unpaired) electrons. The van der Waals surface area contributed by atoms with Gasteiger partial charge < -0.3 is 15.0 Å². The van der Waals surface area contributed by atoms with Gasteiger partial charge in [-0.3, -0.25) is 9.20 Å². The van der Waals surface area contributed by atoms with Gasteiger partial charge in [-0.2, -0.15) is 0 Å². The first kappa shape index (κ1) is 14.1. The lowest BCUT2D eigenvalue weighted by atomic mass is 10.3. The van der Waals surface area contributed by atoms with Gasteiger partial charge in [-0.25, -0.2) is 9.97 Å². The van der Waals surface area contributed by atoms with Gasteiger partial charge >= 0.3 is 5.97 Å². The zero-order valence-electron chi connectivity index (χ0n) is 12.5. The summed E-state index contributed by atoms with van der Waals surface area (Å²) in [7, 11) is 0. The van der Waals surface area contributed by atoms with Crippen LogP contribution in [0.2, 0.25) is 0 Å². The molecule has 3 heterocycles. The average Bonchev–Trinajstić information content (AvgIpc) is 3.09. The molecule has 0 aliphatic carbocycles. The van der Waals surface area contributed by atoms with Crippen LogP contribution in [0.1, 0.15) is 12.7 Å². The summed E-state index contributed by atoms with van der Waals surface area (Å²) < 4.78 is 6.84. The number of aryl methyl sites for hydroxylation is 1. The third-order valence-electron chi connectivity index (χ3n) is 3.18. The van der Waals surface area contributed by atoms with E-state index in [4.69, 9.17) is 4.74 Å². The number of hydrogen-bond donors (Lipinski definition) is 2. The number of fused-ring (bicyclic) bond motifs is 1. The molecule has 114 valence electrons. The molecule has 0 spiro atoms. The van der Waals surface area contributed by atoms with Gasteiger partial charge in [0.1, 0.15) is 35.2 Å². The molecule has 0 fully saturated rings. The van der Waals surface area contributed by atoms with Crippen LogP contribution in [0.15, 0.2) is 30.6 Å². The number of anilines is 1. The fraction of sp³-hybridized carbons (Fsp3) is 0.267. The Morgan fingerprint density at radius 1 is 1.41 bits per heavy atom. The highest BCUT2D eigenvalue weighted by Gasteiger charge is 2.16. The first-order valence-corrected chi connectivity index (χ1v) is 7.08. The number of nitrogens with zero attached hydrogens (tertiary/aromatic N) is 3. The van der Waals surface area contributed by atoms with Crippen molar-refractivity contribution < 1.29 is 9.53 Å². The van der Waals surface area contributed by atoms with E-state index in [0.717, 1.165) is 23.0 Å². The molecule has 3 aromatic heterocycles. The average molecular weight is 299 g/mol. The largest absolute Gasteiger partial charge is 0.465 e. The van der Waals surface area contributed by atoms with E-state index in [2.05, 4.69) is 20.3 Å². The zero-order chi connectivity index (χ0) is 15.5. The summed E-state index contributed by atoms with van der Waals surface area (Å²) in [5.74, 6) is 1.22. The second-order valence-corrected chi connectivity index (χ2v) is 4.77. The number of pyridine rings is 1. The van der Waals surface area contributed by atoms with Crippen LogP contribution < -0.4 is 5.32 Å². The number of rotatable bonds is 5. The van der Waals surface area contributed by atoms with Gasteiger partial charge in [0.15, 0.2) is 0 Å². The van der Waals surface area contributed by atoms with Gasteiger partial charge in [-0.1, -0.05) is 6.07 Å². The van der Waals surface area contributed by atoms with Crippen molar-refractivity contribution in [3.05, 3.63) is 36.4 Å². The van der Waals surface area contributed by atoms with Crippen molar-refractivity contribution in [2.24, 2.45) is 0 Å². The fourth-order valence-corrected chi connectivity index (χ4v) is 2.25. The van der Waals surface area contributed by atoms with Crippen LogP contribution in [0.4, 0.5) is 5.82 Å². The molecule has 0 unspecified atom stereocenters. The topological polar surface area (TPSA) is 84.3 Å². The Balaban J connectivity index is 2.00. The summed E-state index contributed by atoms with van der Waals surface area (Å²) in [4.78, 5) is 23.6. The van der Waals surface area contributed by atoms with Crippen molar-refractivity contribution in [3.63, 3.8) is 0 Å². The fourth-order valence-electron chi connectivity index (χ4n) is 2.25. The summed E-state index contributed by atoms with van der Waals surface area (Å²) in [5, 5.41) is 3.10. The maximum absolute atomic E-state index is 11.6. The summed E-state index contributed by atoms with van der Waals surface area (Å²) in [6, 6.07) is 5.72. The lowest BCUT2D eigenvalue weighted by molar-refractivity contribution is -0.140. The number of esters is 1. The van der Waals surface area contributed by atoms with Gasteiger partial charge in [-0.05, 0) is 26.0 Å². The molecule has 0 bridgehead atoms. The first-order valence-electron chi connectivity index (χ1n) is 7.08. The Morgan fingerprint density at radius 3 is 3.00 bits per heavy atom. The Morgan fingerprint density at radius 2 is 2.27 bits per heavy atom. The molecule has 22 heavy (non-hydrogen) atoms. The maximum Gasteiger partial charge on any atom is 0.325 e. The molecule has 0 aliphatic heterocycles. The van der Waals surface area contributed by atoms with Crippen molar-refractivity contribution in [2.75, 3.05) is 18.5 Å². The van der Waals surface area contributed by atoms with Crippen LogP contribution in [0.3, 0.4) is 0 Å². The molecule has 0 aliphatic rings. The smallest absolute Gasteiger partial charge is 0.325 e. The predicted octanol–water partition coefficient (Wildman–Crippen LogP) is 2.01. The minimum absolute atomic E-state index is 0.0763. The van der Waals surface area contributed by atoms with Gasteiger partial charge in [0.2, 0.25) is 0 Å². The van der Waals surface area contributed by atoms with Crippen molar-refractivity contribution >= 4 is 17.4 Å². The normalized spacial score (nSPS) is 10.8. The van der Waals surface area contributed by atoms with E-state index in [1.165, 1.54) is 0 Å². The Kier molecular flexibility index (Phi) is 3.78.